The maximum Gasteiger partial charge on any atom is 0.287 e. The largest absolute Gasteiger partial charge is 0.508 e. The standard InChI is InChI=1S/C12H10N2O4/c1-8-4-10(15)6-11(5-8)18-12-3-2-9(7-13-12)14(16)17/h2-7,15H,1H3. The van der Waals surface area contributed by atoms with Gasteiger partial charge in [-0.15, -0.1) is 0 Å². The predicted octanol–water partition coefficient (Wildman–Crippen LogP) is 2.80. The van der Waals surface area contributed by atoms with Crippen LogP contribution in [-0.2, 0) is 0 Å². The Hall–Kier alpha value is -2.63. The van der Waals surface area contributed by atoms with Crippen LogP contribution >= 0.6 is 0 Å². The van der Waals surface area contributed by atoms with Crippen molar-refractivity contribution in [3.05, 3.63) is 52.2 Å². The molecule has 1 aromatic carbocycles. The van der Waals surface area contributed by atoms with Gasteiger partial charge in [0.2, 0.25) is 5.88 Å². The Labute approximate surface area is 103 Å². The van der Waals surface area contributed by atoms with Crippen LogP contribution in [0.2, 0.25) is 0 Å². The Balaban J connectivity index is 2.20. The summed E-state index contributed by atoms with van der Waals surface area (Å²) < 4.78 is 5.38. The third-order valence-corrected chi connectivity index (χ3v) is 2.19. The highest BCUT2D eigenvalue weighted by atomic mass is 16.6. The van der Waals surface area contributed by atoms with E-state index >= 15 is 0 Å². The quantitative estimate of drug-likeness (QED) is 0.664. The van der Waals surface area contributed by atoms with Crippen molar-refractivity contribution in [1.29, 1.82) is 0 Å². The minimum absolute atomic E-state index is 0.0897. The molecule has 6 heteroatoms. The summed E-state index contributed by atoms with van der Waals surface area (Å²) in [5.74, 6) is 0.742. The molecule has 2 rings (SSSR count). The first kappa shape index (κ1) is 11.8. The summed E-state index contributed by atoms with van der Waals surface area (Å²) in [7, 11) is 0. The van der Waals surface area contributed by atoms with Gasteiger partial charge in [-0.3, -0.25) is 10.1 Å². The molecule has 18 heavy (non-hydrogen) atoms. The van der Waals surface area contributed by atoms with E-state index < -0.39 is 4.92 Å². The number of hydrogen-bond acceptors (Lipinski definition) is 5. The zero-order chi connectivity index (χ0) is 13.1. The fourth-order valence-electron chi connectivity index (χ4n) is 1.45. The van der Waals surface area contributed by atoms with E-state index in [1.54, 1.807) is 12.1 Å². The van der Waals surface area contributed by atoms with Crippen LogP contribution in [0, 0.1) is 17.0 Å². The summed E-state index contributed by atoms with van der Waals surface area (Å²) in [6.07, 6.45) is 1.12. The first-order chi connectivity index (χ1) is 8.54. The van der Waals surface area contributed by atoms with Crippen LogP contribution < -0.4 is 4.74 Å². The van der Waals surface area contributed by atoms with Crippen LogP contribution in [0.25, 0.3) is 0 Å². The topological polar surface area (TPSA) is 85.5 Å². The second-order valence-corrected chi connectivity index (χ2v) is 3.72. The minimum Gasteiger partial charge on any atom is -0.508 e. The van der Waals surface area contributed by atoms with Gasteiger partial charge in [-0.2, -0.15) is 0 Å². The SMILES string of the molecule is Cc1cc(O)cc(Oc2ccc([N+](=O)[O-])cn2)c1. The predicted molar refractivity (Wildman–Crippen MR) is 63.8 cm³/mol. The lowest BCUT2D eigenvalue weighted by Crippen LogP contribution is -1.91. The highest BCUT2D eigenvalue weighted by Gasteiger charge is 2.07. The second-order valence-electron chi connectivity index (χ2n) is 3.72. The lowest BCUT2D eigenvalue weighted by atomic mass is 10.2. The van der Waals surface area contributed by atoms with Crippen LogP contribution in [0.1, 0.15) is 5.56 Å². The molecule has 6 nitrogen and oxygen atoms in total. The van der Waals surface area contributed by atoms with Gasteiger partial charge in [0.1, 0.15) is 17.7 Å². The molecule has 0 atom stereocenters. The first-order valence-electron chi connectivity index (χ1n) is 5.13. The Morgan fingerprint density at radius 2 is 2.11 bits per heavy atom. The molecule has 2 aromatic rings. The number of phenolic OH excluding ortho intramolecular Hbond substituents is 1. The number of rotatable bonds is 3. The van der Waals surface area contributed by atoms with Crippen molar-refractivity contribution in [2.45, 2.75) is 6.92 Å². The number of pyridine rings is 1. The second kappa shape index (κ2) is 4.70. The van der Waals surface area contributed by atoms with Crippen molar-refractivity contribution in [2.24, 2.45) is 0 Å². The lowest BCUT2D eigenvalue weighted by molar-refractivity contribution is -0.385. The van der Waals surface area contributed by atoms with Crippen molar-refractivity contribution >= 4 is 5.69 Å². The molecule has 1 N–H and O–H groups in total. The molecule has 0 spiro atoms. The van der Waals surface area contributed by atoms with Gasteiger partial charge < -0.3 is 9.84 Å². The van der Waals surface area contributed by atoms with Gasteiger partial charge in [0.25, 0.3) is 5.69 Å². The maximum atomic E-state index is 10.5. The molecule has 0 aliphatic carbocycles. The maximum absolute atomic E-state index is 10.5. The average molecular weight is 246 g/mol. The monoisotopic (exact) mass is 246 g/mol. The summed E-state index contributed by atoms with van der Waals surface area (Å²) in [4.78, 5) is 13.7. The van der Waals surface area contributed by atoms with Gasteiger partial charge in [-0.25, -0.2) is 4.98 Å². The molecule has 0 aliphatic heterocycles. The van der Waals surface area contributed by atoms with Gasteiger partial charge in [-0.05, 0) is 24.6 Å². The third kappa shape index (κ3) is 2.73. The molecular weight excluding hydrogens is 236 g/mol. The van der Waals surface area contributed by atoms with E-state index in [-0.39, 0.29) is 17.3 Å². The van der Waals surface area contributed by atoms with Gasteiger partial charge in [0, 0.05) is 18.2 Å². The Bertz CT molecular complexity index is 561. The van der Waals surface area contributed by atoms with Crippen LogP contribution in [0.15, 0.2) is 36.5 Å². The highest BCUT2D eigenvalue weighted by Crippen LogP contribution is 2.26. The Morgan fingerprint density at radius 1 is 1.33 bits per heavy atom. The van der Waals surface area contributed by atoms with Crippen LogP contribution in [0.4, 0.5) is 5.69 Å². The number of hydrogen-bond donors (Lipinski definition) is 1. The van der Waals surface area contributed by atoms with Gasteiger partial charge >= 0.3 is 0 Å². The number of phenols is 1. The van der Waals surface area contributed by atoms with E-state index in [2.05, 4.69) is 4.98 Å². The van der Waals surface area contributed by atoms with Crippen molar-refractivity contribution in [1.82, 2.24) is 4.98 Å². The number of nitro groups is 1. The summed E-state index contributed by atoms with van der Waals surface area (Å²) in [5, 5.41) is 19.9. The Kier molecular flexibility index (Phi) is 3.09. The normalized spacial score (nSPS) is 10.1. The van der Waals surface area contributed by atoms with E-state index in [9.17, 15) is 15.2 Å². The molecule has 0 fully saturated rings. The van der Waals surface area contributed by atoms with Gasteiger partial charge in [0.05, 0.1) is 4.92 Å². The fraction of sp³-hybridized carbons (Fsp3) is 0.0833. The molecule has 0 aliphatic rings. The zero-order valence-electron chi connectivity index (χ0n) is 9.53. The number of ether oxygens (including phenoxy) is 1. The molecule has 1 heterocycles. The van der Waals surface area contributed by atoms with E-state index in [0.717, 1.165) is 11.8 Å². The molecule has 92 valence electrons. The molecule has 0 bridgehead atoms. The minimum atomic E-state index is -0.532. The highest BCUT2D eigenvalue weighted by molar-refractivity contribution is 5.39. The number of aromatic nitrogens is 1. The number of aryl methyl sites for hydroxylation is 1. The molecule has 0 radical (unpaired) electrons. The number of aromatic hydroxyl groups is 1. The Morgan fingerprint density at radius 3 is 2.67 bits per heavy atom. The molecule has 0 saturated carbocycles. The van der Waals surface area contributed by atoms with Crippen molar-refractivity contribution in [2.75, 3.05) is 0 Å². The summed E-state index contributed by atoms with van der Waals surface area (Å²) >= 11 is 0. The molecule has 0 amide bonds. The smallest absolute Gasteiger partial charge is 0.287 e. The lowest BCUT2D eigenvalue weighted by Gasteiger charge is -2.05. The van der Waals surface area contributed by atoms with Crippen LogP contribution in [0.5, 0.6) is 17.4 Å². The summed E-state index contributed by atoms with van der Waals surface area (Å²) in [5.41, 5.74) is 0.737. The van der Waals surface area contributed by atoms with Crippen molar-refractivity contribution in [3.8, 4) is 17.4 Å². The van der Waals surface area contributed by atoms with Crippen LogP contribution in [0.3, 0.4) is 0 Å². The summed E-state index contributed by atoms with van der Waals surface area (Å²) in [6.45, 7) is 1.82. The zero-order valence-corrected chi connectivity index (χ0v) is 9.53. The number of nitrogens with zero attached hydrogens (tertiary/aromatic N) is 2. The molecular formula is C12H10N2O4. The van der Waals surface area contributed by atoms with Gasteiger partial charge in [0.15, 0.2) is 0 Å². The van der Waals surface area contributed by atoms with E-state index in [1.807, 2.05) is 6.92 Å². The molecule has 0 saturated heterocycles. The van der Waals surface area contributed by atoms with Crippen molar-refractivity contribution < 1.29 is 14.8 Å². The van der Waals surface area contributed by atoms with E-state index in [0.29, 0.717) is 5.75 Å². The molecule has 1 aromatic heterocycles. The third-order valence-electron chi connectivity index (χ3n) is 2.19. The summed E-state index contributed by atoms with van der Waals surface area (Å²) in [6, 6.07) is 7.46. The van der Waals surface area contributed by atoms with E-state index in [1.165, 1.54) is 18.2 Å². The average Bonchev–Trinajstić information content (AvgIpc) is 2.28. The number of benzene rings is 1. The first-order valence-corrected chi connectivity index (χ1v) is 5.13. The van der Waals surface area contributed by atoms with E-state index in [4.69, 9.17) is 4.74 Å². The van der Waals surface area contributed by atoms with Gasteiger partial charge in [-0.1, -0.05) is 0 Å². The fourth-order valence-corrected chi connectivity index (χ4v) is 1.45. The van der Waals surface area contributed by atoms with Crippen LogP contribution in [-0.4, -0.2) is 15.0 Å². The molecule has 0 unspecified atom stereocenters. The van der Waals surface area contributed by atoms with Crippen molar-refractivity contribution in [3.63, 3.8) is 0 Å².